The van der Waals surface area contributed by atoms with E-state index >= 15 is 0 Å². The van der Waals surface area contributed by atoms with Crippen LogP contribution in [0.25, 0.3) is 0 Å². The number of nitrogens with one attached hydrogen (secondary N) is 2. The van der Waals surface area contributed by atoms with Crippen LogP contribution >= 0.6 is 0 Å². The molecule has 1 unspecified atom stereocenters. The van der Waals surface area contributed by atoms with E-state index in [0.717, 1.165) is 17.1 Å². The number of nitrogens with zero attached hydrogens (tertiary/aromatic N) is 1. The molecule has 0 aliphatic carbocycles. The number of hydrogen-bond donors (Lipinski definition) is 3. The predicted molar refractivity (Wildman–Crippen MR) is 68.7 cm³/mol. The number of amides is 4. The topological polar surface area (TPSA) is 133 Å². The van der Waals surface area contributed by atoms with Gasteiger partial charge in [0.15, 0.2) is 0 Å². The van der Waals surface area contributed by atoms with Gasteiger partial charge in [-0.3, -0.25) is 28.9 Å². The molecule has 0 aromatic carbocycles. The number of aliphatic carboxylic acids is 1. The number of rotatable bonds is 7. The highest BCUT2D eigenvalue weighted by Gasteiger charge is 2.23. The van der Waals surface area contributed by atoms with Crippen molar-refractivity contribution in [3.8, 4) is 0 Å². The van der Waals surface area contributed by atoms with Crippen molar-refractivity contribution in [2.75, 3.05) is 13.1 Å². The van der Waals surface area contributed by atoms with Crippen molar-refractivity contribution >= 4 is 29.6 Å². The average Bonchev–Trinajstić information content (AvgIpc) is 2.73. The van der Waals surface area contributed by atoms with Gasteiger partial charge in [0, 0.05) is 25.1 Å². The molecule has 3 N–H and O–H groups in total. The minimum absolute atomic E-state index is 0.0797. The minimum atomic E-state index is -1.19. The third-order valence-electron chi connectivity index (χ3n) is 2.66. The molecular formula is C12H15N3O6. The highest BCUT2D eigenvalue weighted by Crippen LogP contribution is 2.03. The molecule has 0 aromatic rings. The average molecular weight is 297 g/mol. The summed E-state index contributed by atoms with van der Waals surface area (Å²) in [7, 11) is 0. The van der Waals surface area contributed by atoms with Gasteiger partial charge in [-0.2, -0.15) is 0 Å². The summed E-state index contributed by atoms with van der Waals surface area (Å²) in [6, 6.07) is -1.06. The Balaban J connectivity index is 2.25. The summed E-state index contributed by atoms with van der Waals surface area (Å²) < 4.78 is 0. The molecule has 1 atom stereocenters. The maximum Gasteiger partial charge on any atom is 0.325 e. The monoisotopic (exact) mass is 297 g/mol. The van der Waals surface area contributed by atoms with E-state index in [-0.39, 0.29) is 19.5 Å². The molecule has 0 aromatic heterocycles. The Morgan fingerprint density at radius 1 is 1.19 bits per heavy atom. The molecule has 0 bridgehead atoms. The molecule has 1 aliphatic heterocycles. The molecule has 21 heavy (non-hydrogen) atoms. The molecule has 0 spiro atoms. The summed E-state index contributed by atoms with van der Waals surface area (Å²) >= 11 is 0. The largest absolute Gasteiger partial charge is 0.480 e. The van der Waals surface area contributed by atoms with Gasteiger partial charge in [-0.1, -0.05) is 0 Å². The van der Waals surface area contributed by atoms with Gasteiger partial charge in [-0.25, -0.2) is 0 Å². The first-order valence-corrected chi connectivity index (χ1v) is 6.13. The fraction of sp³-hybridized carbons (Fsp3) is 0.417. The van der Waals surface area contributed by atoms with E-state index < -0.39 is 35.6 Å². The van der Waals surface area contributed by atoms with E-state index in [0.29, 0.717) is 0 Å². The maximum atomic E-state index is 11.5. The van der Waals surface area contributed by atoms with Crippen LogP contribution in [0.2, 0.25) is 0 Å². The maximum absolute atomic E-state index is 11.5. The number of carboxylic acid groups (broad SMARTS) is 1. The van der Waals surface area contributed by atoms with E-state index in [1.165, 1.54) is 6.92 Å². The Morgan fingerprint density at radius 3 is 2.29 bits per heavy atom. The third kappa shape index (κ3) is 5.05. The lowest BCUT2D eigenvalue weighted by Crippen LogP contribution is -2.44. The molecule has 1 rings (SSSR count). The van der Waals surface area contributed by atoms with Gasteiger partial charge in [0.2, 0.25) is 11.8 Å². The first kappa shape index (κ1) is 16.3. The van der Waals surface area contributed by atoms with Crippen LogP contribution in [-0.2, 0) is 24.0 Å². The fourth-order valence-electron chi connectivity index (χ4n) is 1.49. The zero-order valence-electron chi connectivity index (χ0n) is 11.3. The zero-order valence-corrected chi connectivity index (χ0v) is 11.3. The van der Waals surface area contributed by atoms with E-state index in [1.54, 1.807) is 0 Å². The van der Waals surface area contributed by atoms with Crippen LogP contribution in [-0.4, -0.2) is 58.7 Å². The number of carbonyl (C=O) groups is 5. The van der Waals surface area contributed by atoms with Gasteiger partial charge in [-0.05, 0) is 6.92 Å². The molecule has 0 radical (unpaired) electrons. The molecule has 0 saturated heterocycles. The van der Waals surface area contributed by atoms with Crippen molar-refractivity contribution in [2.24, 2.45) is 0 Å². The number of imide groups is 1. The molecule has 9 nitrogen and oxygen atoms in total. The summed E-state index contributed by atoms with van der Waals surface area (Å²) in [4.78, 5) is 56.6. The Hall–Kier alpha value is -2.71. The summed E-state index contributed by atoms with van der Waals surface area (Å²) in [6.07, 6.45) is 2.09. The van der Waals surface area contributed by atoms with Crippen molar-refractivity contribution in [3.05, 3.63) is 12.2 Å². The van der Waals surface area contributed by atoms with Crippen molar-refractivity contribution < 1.29 is 29.1 Å². The SMILES string of the molecule is CC(NC(=O)CNC(=O)CCN1C(=O)C=CC1=O)C(=O)O. The van der Waals surface area contributed by atoms with Gasteiger partial charge in [0.25, 0.3) is 11.8 Å². The van der Waals surface area contributed by atoms with Crippen molar-refractivity contribution in [1.82, 2.24) is 15.5 Å². The van der Waals surface area contributed by atoms with Crippen LogP contribution in [0, 0.1) is 0 Å². The Bertz CT molecular complexity index is 495. The van der Waals surface area contributed by atoms with Gasteiger partial charge < -0.3 is 15.7 Å². The van der Waals surface area contributed by atoms with Crippen LogP contribution in [0.5, 0.6) is 0 Å². The second-order valence-corrected chi connectivity index (χ2v) is 4.32. The smallest absolute Gasteiger partial charge is 0.325 e. The van der Waals surface area contributed by atoms with E-state index in [2.05, 4.69) is 10.6 Å². The third-order valence-corrected chi connectivity index (χ3v) is 2.66. The van der Waals surface area contributed by atoms with Gasteiger partial charge in [0.05, 0.1) is 6.54 Å². The van der Waals surface area contributed by atoms with Gasteiger partial charge >= 0.3 is 5.97 Å². The first-order chi connectivity index (χ1) is 9.81. The summed E-state index contributed by atoms with van der Waals surface area (Å²) in [5.74, 6) is -3.33. The molecule has 0 fully saturated rings. The summed E-state index contributed by atoms with van der Waals surface area (Å²) in [5, 5.41) is 13.0. The normalized spacial score (nSPS) is 15.0. The number of carboxylic acids is 1. The Kier molecular flexibility index (Phi) is 5.58. The van der Waals surface area contributed by atoms with E-state index in [9.17, 15) is 24.0 Å². The highest BCUT2D eigenvalue weighted by molar-refractivity contribution is 6.13. The van der Waals surface area contributed by atoms with Crippen LogP contribution < -0.4 is 10.6 Å². The molecule has 114 valence electrons. The van der Waals surface area contributed by atoms with E-state index in [1.807, 2.05) is 0 Å². The summed E-state index contributed by atoms with van der Waals surface area (Å²) in [5.41, 5.74) is 0. The van der Waals surface area contributed by atoms with Gasteiger partial charge in [-0.15, -0.1) is 0 Å². The zero-order chi connectivity index (χ0) is 16.0. The van der Waals surface area contributed by atoms with Crippen LogP contribution in [0.3, 0.4) is 0 Å². The van der Waals surface area contributed by atoms with Crippen molar-refractivity contribution in [3.63, 3.8) is 0 Å². The quantitative estimate of drug-likeness (QED) is 0.466. The Labute approximate surface area is 120 Å². The van der Waals surface area contributed by atoms with Gasteiger partial charge in [0.1, 0.15) is 6.04 Å². The molecule has 4 amide bonds. The lowest BCUT2D eigenvalue weighted by Gasteiger charge is -2.13. The van der Waals surface area contributed by atoms with E-state index in [4.69, 9.17) is 5.11 Å². The second-order valence-electron chi connectivity index (χ2n) is 4.32. The van der Waals surface area contributed by atoms with Crippen LogP contribution in [0.1, 0.15) is 13.3 Å². The molecule has 1 heterocycles. The van der Waals surface area contributed by atoms with Crippen molar-refractivity contribution in [2.45, 2.75) is 19.4 Å². The first-order valence-electron chi connectivity index (χ1n) is 6.13. The lowest BCUT2D eigenvalue weighted by atomic mass is 10.3. The molecular weight excluding hydrogens is 282 g/mol. The summed E-state index contributed by atoms with van der Waals surface area (Å²) in [6.45, 7) is 0.833. The highest BCUT2D eigenvalue weighted by atomic mass is 16.4. The second kappa shape index (κ2) is 7.17. The minimum Gasteiger partial charge on any atom is -0.480 e. The number of hydrogen-bond acceptors (Lipinski definition) is 5. The molecule has 9 heteroatoms. The molecule has 1 aliphatic rings. The predicted octanol–water partition coefficient (Wildman–Crippen LogP) is -1.99. The fourth-order valence-corrected chi connectivity index (χ4v) is 1.49. The molecule has 0 saturated carbocycles. The Morgan fingerprint density at radius 2 is 1.76 bits per heavy atom. The lowest BCUT2D eigenvalue weighted by molar-refractivity contribution is -0.141. The van der Waals surface area contributed by atoms with Crippen molar-refractivity contribution in [1.29, 1.82) is 0 Å². The van der Waals surface area contributed by atoms with Crippen LogP contribution in [0.15, 0.2) is 12.2 Å². The standard InChI is InChI=1S/C12H15N3O6/c1-7(12(20)21)14-9(17)6-13-8(16)4-5-15-10(18)2-3-11(15)19/h2-3,7H,4-6H2,1H3,(H,13,16)(H,14,17)(H,20,21). The number of carbonyl (C=O) groups excluding carboxylic acids is 4. The van der Waals surface area contributed by atoms with Crippen LogP contribution in [0.4, 0.5) is 0 Å².